The van der Waals surface area contributed by atoms with Crippen LogP contribution in [0.4, 0.5) is 0 Å². The Kier molecular flexibility index (Phi) is 3.02. The Balaban J connectivity index is 2.01. The molecule has 0 saturated heterocycles. The van der Waals surface area contributed by atoms with E-state index in [9.17, 15) is 0 Å². The van der Waals surface area contributed by atoms with Crippen molar-refractivity contribution in [1.29, 1.82) is 0 Å². The van der Waals surface area contributed by atoms with E-state index in [0.717, 1.165) is 12.5 Å². The summed E-state index contributed by atoms with van der Waals surface area (Å²) in [6, 6.07) is 0.698. The van der Waals surface area contributed by atoms with Crippen LogP contribution < -0.4 is 5.32 Å². The average molecular weight is 180 g/mol. The molecule has 0 aromatic rings. The van der Waals surface area contributed by atoms with Crippen molar-refractivity contribution in [3.05, 3.63) is 10.6 Å². The van der Waals surface area contributed by atoms with Crippen molar-refractivity contribution in [2.24, 2.45) is 5.92 Å². The standard InChI is InChI=1S/C7H11Cl2N/c1-5-4-6(5)10-3-2-7(8)9/h2,5-6,10H,3-4H2,1H3. The monoisotopic (exact) mass is 179 g/mol. The van der Waals surface area contributed by atoms with E-state index < -0.39 is 0 Å². The van der Waals surface area contributed by atoms with E-state index in [-0.39, 0.29) is 0 Å². The summed E-state index contributed by atoms with van der Waals surface area (Å²) in [4.78, 5) is 0. The third kappa shape index (κ3) is 2.91. The Morgan fingerprint density at radius 2 is 2.30 bits per heavy atom. The lowest BCUT2D eigenvalue weighted by Gasteiger charge is -1.95. The van der Waals surface area contributed by atoms with Crippen LogP contribution in [0.5, 0.6) is 0 Å². The second-order valence-electron chi connectivity index (χ2n) is 2.72. The minimum absolute atomic E-state index is 0.348. The van der Waals surface area contributed by atoms with E-state index in [1.807, 2.05) is 0 Å². The van der Waals surface area contributed by atoms with E-state index in [1.54, 1.807) is 6.08 Å². The van der Waals surface area contributed by atoms with Crippen LogP contribution in [0.1, 0.15) is 13.3 Å². The van der Waals surface area contributed by atoms with E-state index in [4.69, 9.17) is 23.2 Å². The minimum atomic E-state index is 0.348. The molecule has 1 saturated carbocycles. The normalized spacial score (nSPS) is 29.9. The SMILES string of the molecule is CC1CC1NCC=C(Cl)Cl. The van der Waals surface area contributed by atoms with Gasteiger partial charge in [-0.05, 0) is 18.4 Å². The summed E-state index contributed by atoms with van der Waals surface area (Å²) < 4.78 is 0.348. The van der Waals surface area contributed by atoms with Crippen LogP contribution in [-0.4, -0.2) is 12.6 Å². The van der Waals surface area contributed by atoms with Crippen molar-refractivity contribution < 1.29 is 0 Å². The maximum Gasteiger partial charge on any atom is 0.104 e. The van der Waals surface area contributed by atoms with Gasteiger partial charge in [-0.15, -0.1) is 0 Å². The van der Waals surface area contributed by atoms with Gasteiger partial charge in [0.1, 0.15) is 4.49 Å². The summed E-state index contributed by atoms with van der Waals surface area (Å²) in [5.74, 6) is 0.836. The Morgan fingerprint density at radius 3 is 2.70 bits per heavy atom. The predicted molar refractivity (Wildman–Crippen MR) is 45.4 cm³/mol. The van der Waals surface area contributed by atoms with Crippen LogP contribution in [0.15, 0.2) is 10.6 Å². The Hall–Kier alpha value is 0.280. The van der Waals surface area contributed by atoms with Crippen LogP contribution in [0.25, 0.3) is 0 Å². The molecule has 1 N–H and O–H groups in total. The zero-order valence-electron chi connectivity index (χ0n) is 5.90. The van der Waals surface area contributed by atoms with Gasteiger partial charge in [0.25, 0.3) is 0 Å². The zero-order valence-corrected chi connectivity index (χ0v) is 7.41. The maximum atomic E-state index is 5.40. The van der Waals surface area contributed by atoms with Gasteiger partial charge in [-0.3, -0.25) is 0 Å². The van der Waals surface area contributed by atoms with Crippen LogP contribution in [0, 0.1) is 5.92 Å². The molecule has 58 valence electrons. The van der Waals surface area contributed by atoms with Gasteiger partial charge in [-0.25, -0.2) is 0 Å². The van der Waals surface area contributed by atoms with Crippen LogP contribution in [0.3, 0.4) is 0 Å². The first kappa shape index (κ1) is 8.38. The van der Waals surface area contributed by atoms with Gasteiger partial charge in [-0.2, -0.15) is 0 Å². The molecule has 0 bridgehead atoms. The molecule has 0 aromatic heterocycles. The molecule has 0 aromatic carbocycles. The highest BCUT2D eigenvalue weighted by Gasteiger charge is 2.31. The quantitative estimate of drug-likeness (QED) is 0.702. The molecule has 0 radical (unpaired) electrons. The molecule has 1 fully saturated rings. The summed E-state index contributed by atoms with van der Waals surface area (Å²) in [5, 5.41) is 3.29. The Morgan fingerprint density at radius 1 is 1.70 bits per heavy atom. The van der Waals surface area contributed by atoms with Crippen molar-refractivity contribution >= 4 is 23.2 Å². The van der Waals surface area contributed by atoms with Crippen molar-refractivity contribution in [3.63, 3.8) is 0 Å². The lowest BCUT2D eigenvalue weighted by atomic mass is 10.5. The van der Waals surface area contributed by atoms with Gasteiger partial charge in [0.15, 0.2) is 0 Å². The zero-order chi connectivity index (χ0) is 7.56. The molecule has 2 atom stereocenters. The first-order valence-corrected chi connectivity index (χ1v) is 4.20. The Labute approximate surface area is 71.4 Å². The van der Waals surface area contributed by atoms with Gasteiger partial charge >= 0.3 is 0 Å². The molecule has 1 aliphatic rings. The molecule has 0 amide bonds. The summed E-state index contributed by atoms with van der Waals surface area (Å²) in [5.41, 5.74) is 0. The van der Waals surface area contributed by atoms with Crippen LogP contribution in [0.2, 0.25) is 0 Å². The van der Waals surface area contributed by atoms with E-state index in [0.29, 0.717) is 10.5 Å². The smallest absolute Gasteiger partial charge is 0.104 e. The molecule has 1 rings (SSSR count). The summed E-state index contributed by atoms with van der Waals surface area (Å²) in [6.07, 6.45) is 3.06. The van der Waals surface area contributed by atoms with Crippen molar-refractivity contribution in [2.75, 3.05) is 6.54 Å². The van der Waals surface area contributed by atoms with Crippen LogP contribution in [-0.2, 0) is 0 Å². The highest BCUT2D eigenvalue weighted by atomic mass is 35.5. The number of nitrogens with one attached hydrogen (secondary N) is 1. The summed E-state index contributed by atoms with van der Waals surface area (Å²) in [6.45, 7) is 3.01. The van der Waals surface area contributed by atoms with Crippen LogP contribution >= 0.6 is 23.2 Å². The highest BCUT2D eigenvalue weighted by Crippen LogP contribution is 2.28. The van der Waals surface area contributed by atoms with Gasteiger partial charge < -0.3 is 5.32 Å². The molecule has 0 aliphatic heterocycles. The maximum absolute atomic E-state index is 5.40. The first-order chi connectivity index (χ1) is 4.70. The molecule has 2 unspecified atom stereocenters. The third-order valence-electron chi connectivity index (χ3n) is 1.75. The fourth-order valence-electron chi connectivity index (χ4n) is 0.894. The molecule has 1 aliphatic carbocycles. The lowest BCUT2D eigenvalue weighted by Crippen LogP contribution is -2.17. The minimum Gasteiger partial charge on any atom is -0.310 e. The molecule has 0 heterocycles. The fraction of sp³-hybridized carbons (Fsp3) is 0.714. The highest BCUT2D eigenvalue weighted by molar-refractivity contribution is 6.55. The Bertz CT molecular complexity index is 141. The predicted octanol–water partition coefficient (Wildman–Crippen LogP) is 2.30. The second-order valence-corrected chi connectivity index (χ2v) is 3.73. The van der Waals surface area contributed by atoms with Crippen molar-refractivity contribution in [3.8, 4) is 0 Å². The van der Waals surface area contributed by atoms with E-state index in [2.05, 4.69) is 12.2 Å². The van der Waals surface area contributed by atoms with Crippen molar-refractivity contribution in [1.82, 2.24) is 5.32 Å². The molecule has 10 heavy (non-hydrogen) atoms. The first-order valence-electron chi connectivity index (χ1n) is 3.44. The van der Waals surface area contributed by atoms with E-state index >= 15 is 0 Å². The largest absolute Gasteiger partial charge is 0.310 e. The molecule has 0 spiro atoms. The summed E-state index contributed by atoms with van der Waals surface area (Å²) >= 11 is 10.8. The fourth-order valence-corrected chi connectivity index (χ4v) is 1.05. The second kappa shape index (κ2) is 3.61. The number of hydrogen-bond acceptors (Lipinski definition) is 1. The lowest BCUT2D eigenvalue weighted by molar-refractivity contribution is 0.705. The van der Waals surface area contributed by atoms with Gasteiger partial charge in [0.05, 0.1) is 0 Å². The molecular formula is C7H11Cl2N. The summed E-state index contributed by atoms with van der Waals surface area (Å²) in [7, 11) is 0. The van der Waals surface area contributed by atoms with Gasteiger partial charge in [0.2, 0.25) is 0 Å². The van der Waals surface area contributed by atoms with Gasteiger partial charge in [0, 0.05) is 12.6 Å². The number of hydrogen-bond donors (Lipinski definition) is 1. The third-order valence-corrected chi connectivity index (χ3v) is 2.05. The molecule has 3 heteroatoms. The average Bonchev–Trinajstić information content (AvgIpc) is 2.46. The molecule has 1 nitrogen and oxygen atoms in total. The number of halogens is 2. The van der Waals surface area contributed by atoms with Gasteiger partial charge in [-0.1, -0.05) is 30.1 Å². The van der Waals surface area contributed by atoms with E-state index in [1.165, 1.54) is 6.42 Å². The van der Waals surface area contributed by atoms with Crippen molar-refractivity contribution in [2.45, 2.75) is 19.4 Å². The molecular weight excluding hydrogens is 169 g/mol. The number of rotatable bonds is 3. The topological polar surface area (TPSA) is 12.0 Å².